The number of nitrogens with zero attached hydrogens (tertiary/aromatic N) is 4. The number of aromatic nitrogens is 2. The summed E-state index contributed by atoms with van der Waals surface area (Å²) in [5, 5.41) is 3.51. The molecule has 1 aromatic carbocycles. The van der Waals surface area contributed by atoms with Gasteiger partial charge in [-0.2, -0.15) is 0 Å². The largest absolute Gasteiger partial charge is 0.353 e. The fraction of sp³-hybridized carbons (Fsp3) is 0.478. The summed E-state index contributed by atoms with van der Waals surface area (Å²) >= 11 is 7.43. The van der Waals surface area contributed by atoms with E-state index in [2.05, 4.69) is 20.2 Å². The Morgan fingerprint density at radius 1 is 1.21 bits per heavy atom. The predicted molar refractivity (Wildman–Crippen MR) is 129 cm³/mol. The lowest BCUT2D eigenvalue weighted by atomic mass is 9.93. The molecular weight excluding hydrogens is 465 g/mol. The van der Waals surface area contributed by atoms with Crippen LogP contribution in [0.15, 0.2) is 35.5 Å². The quantitative estimate of drug-likeness (QED) is 0.375. The molecule has 2 amide bonds. The first-order valence-corrected chi connectivity index (χ1v) is 12.1. The highest BCUT2D eigenvalue weighted by Gasteiger charge is 2.34. The molecule has 3 rings (SSSR count). The maximum absolute atomic E-state index is 13.0. The molecule has 1 N–H and O–H groups in total. The first-order valence-electron chi connectivity index (χ1n) is 10.8. The second-order valence-electron chi connectivity index (χ2n) is 9.07. The van der Waals surface area contributed by atoms with Gasteiger partial charge in [0.1, 0.15) is 16.8 Å². The molecule has 1 unspecified atom stereocenters. The molecule has 1 saturated heterocycles. The van der Waals surface area contributed by atoms with Crippen molar-refractivity contribution < 1.29 is 14.0 Å². The summed E-state index contributed by atoms with van der Waals surface area (Å²) in [5.74, 6) is 0.450. The Morgan fingerprint density at radius 2 is 1.91 bits per heavy atom. The van der Waals surface area contributed by atoms with E-state index in [1.54, 1.807) is 18.2 Å². The van der Waals surface area contributed by atoms with Gasteiger partial charge in [0.2, 0.25) is 11.8 Å². The molecule has 10 heteroatoms. The van der Waals surface area contributed by atoms with Gasteiger partial charge in [-0.15, -0.1) is 0 Å². The highest BCUT2D eigenvalue weighted by Crippen LogP contribution is 2.26. The van der Waals surface area contributed by atoms with Gasteiger partial charge in [-0.1, -0.05) is 56.3 Å². The van der Waals surface area contributed by atoms with Crippen LogP contribution in [0, 0.1) is 11.2 Å². The average Bonchev–Trinajstić information content (AvgIpc) is 2.76. The van der Waals surface area contributed by atoms with Crippen molar-refractivity contribution in [3.63, 3.8) is 0 Å². The summed E-state index contributed by atoms with van der Waals surface area (Å²) in [6, 6.07) is 7.71. The Labute approximate surface area is 203 Å². The van der Waals surface area contributed by atoms with Crippen molar-refractivity contribution in [1.82, 2.24) is 20.2 Å². The van der Waals surface area contributed by atoms with Crippen LogP contribution < -0.4 is 10.2 Å². The monoisotopic (exact) mass is 493 g/mol. The Bertz CT molecular complexity index is 999. The number of nitrogens with one attached hydrogen (secondary N) is 1. The molecule has 0 aliphatic carbocycles. The second kappa shape index (κ2) is 10.7. The number of benzene rings is 1. The fourth-order valence-electron chi connectivity index (χ4n) is 3.49. The maximum Gasteiger partial charge on any atom is 0.230 e. The van der Waals surface area contributed by atoms with Crippen LogP contribution in [-0.4, -0.2) is 58.1 Å². The van der Waals surface area contributed by atoms with E-state index in [1.165, 1.54) is 23.9 Å². The van der Waals surface area contributed by atoms with Gasteiger partial charge in [0.25, 0.3) is 0 Å². The van der Waals surface area contributed by atoms with Crippen molar-refractivity contribution >= 4 is 41.0 Å². The van der Waals surface area contributed by atoms with Crippen LogP contribution in [0.3, 0.4) is 0 Å². The van der Waals surface area contributed by atoms with Gasteiger partial charge in [-0.3, -0.25) is 9.59 Å². The Hall–Kier alpha value is -2.39. The van der Waals surface area contributed by atoms with Crippen LogP contribution in [0.25, 0.3) is 0 Å². The normalized spacial score (nSPS) is 16.6. The number of amides is 2. The van der Waals surface area contributed by atoms with Crippen molar-refractivity contribution in [3.8, 4) is 0 Å². The summed E-state index contributed by atoms with van der Waals surface area (Å²) < 4.78 is 13.0. The number of halogens is 2. The fourth-order valence-corrected chi connectivity index (χ4v) is 4.41. The Kier molecular flexibility index (Phi) is 8.18. The molecule has 7 nitrogen and oxygen atoms in total. The van der Waals surface area contributed by atoms with E-state index in [1.807, 2.05) is 32.6 Å². The topological polar surface area (TPSA) is 78.4 Å². The summed E-state index contributed by atoms with van der Waals surface area (Å²) in [4.78, 5) is 37.7. The van der Waals surface area contributed by atoms with Crippen LogP contribution in [0.4, 0.5) is 10.2 Å². The number of thioether (sulfide) groups is 1. The molecular formula is C23H29ClFN5O2S. The van der Waals surface area contributed by atoms with Gasteiger partial charge < -0.3 is 15.1 Å². The van der Waals surface area contributed by atoms with E-state index < -0.39 is 5.41 Å². The average molecular weight is 494 g/mol. The molecule has 178 valence electrons. The number of anilines is 1. The van der Waals surface area contributed by atoms with Gasteiger partial charge in [-0.05, 0) is 24.6 Å². The third-order valence-electron chi connectivity index (χ3n) is 5.25. The number of carbonyl (C=O) groups is 2. The van der Waals surface area contributed by atoms with Crippen LogP contribution in [0.5, 0.6) is 0 Å². The van der Waals surface area contributed by atoms with Crippen molar-refractivity contribution in [2.45, 2.75) is 45.4 Å². The highest BCUT2D eigenvalue weighted by atomic mass is 35.5. The summed E-state index contributed by atoms with van der Waals surface area (Å²) in [5.41, 5.74) is 0.393. The minimum atomic E-state index is -0.421. The van der Waals surface area contributed by atoms with Gasteiger partial charge in [0.15, 0.2) is 5.16 Å². The van der Waals surface area contributed by atoms with E-state index in [4.69, 9.17) is 11.6 Å². The summed E-state index contributed by atoms with van der Waals surface area (Å²) in [6.45, 7) is 10.0. The lowest BCUT2D eigenvalue weighted by molar-refractivity contribution is -0.142. The molecule has 2 heterocycles. The van der Waals surface area contributed by atoms with Gasteiger partial charge in [0.05, 0.1) is 5.75 Å². The van der Waals surface area contributed by atoms with E-state index in [9.17, 15) is 14.0 Å². The maximum atomic E-state index is 13.0. The first-order chi connectivity index (χ1) is 15.5. The highest BCUT2D eigenvalue weighted by molar-refractivity contribution is 7.99. The third-order valence-corrected chi connectivity index (χ3v) is 6.29. The first kappa shape index (κ1) is 25.2. The van der Waals surface area contributed by atoms with Crippen molar-refractivity contribution in [2.24, 2.45) is 5.41 Å². The molecule has 1 aliphatic rings. The minimum absolute atomic E-state index is 0.0348. The number of piperazine rings is 1. The van der Waals surface area contributed by atoms with Crippen molar-refractivity contribution in [2.75, 3.05) is 30.3 Å². The summed E-state index contributed by atoms with van der Waals surface area (Å²) in [6.07, 6.45) is 0. The Balaban J connectivity index is 1.56. The SMILES string of the molecule is CC1CN(c2cc(Cl)nc(SCC(=O)NCc3ccc(F)cc3)n2)CCN1C(=O)C(C)(C)C. The molecule has 0 bridgehead atoms. The molecule has 33 heavy (non-hydrogen) atoms. The molecule has 0 saturated carbocycles. The van der Waals surface area contributed by atoms with Crippen molar-refractivity contribution in [3.05, 3.63) is 46.9 Å². The molecule has 1 aliphatic heterocycles. The van der Waals surface area contributed by atoms with E-state index in [0.717, 1.165) is 5.56 Å². The molecule has 1 atom stereocenters. The van der Waals surface area contributed by atoms with Gasteiger partial charge in [-0.25, -0.2) is 14.4 Å². The standard InChI is InChI=1S/C23H29ClFN5O2S/c1-15-13-29(9-10-30(15)21(32)23(2,3)4)19-11-18(24)27-22(28-19)33-14-20(31)26-12-16-5-7-17(25)8-6-16/h5-8,11,15H,9-10,12-14H2,1-4H3,(H,26,31). The molecule has 2 aromatic rings. The summed E-state index contributed by atoms with van der Waals surface area (Å²) in [7, 11) is 0. The number of hydrogen-bond donors (Lipinski definition) is 1. The smallest absolute Gasteiger partial charge is 0.230 e. The number of hydrogen-bond acceptors (Lipinski definition) is 6. The van der Waals surface area contributed by atoms with Gasteiger partial charge >= 0.3 is 0 Å². The zero-order valence-electron chi connectivity index (χ0n) is 19.3. The molecule has 1 fully saturated rings. The molecule has 0 radical (unpaired) electrons. The Morgan fingerprint density at radius 3 is 2.55 bits per heavy atom. The van der Waals surface area contributed by atoms with Crippen LogP contribution in [0.2, 0.25) is 5.15 Å². The van der Waals surface area contributed by atoms with E-state index in [-0.39, 0.29) is 29.4 Å². The van der Waals surface area contributed by atoms with Crippen molar-refractivity contribution in [1.29, 1.82) is 0 Å². The molecule has 1 aromatic heterocycles. The number of carbonyl (C=O) groups excluding carboxylic acids is 2. The molecule has 0 spiro atoms. The zero-order chi connectivity index (χ0) is 24.2. The van der Waals surface area contributed by atoms with E-state index in [0.29, 0.717) is 42.3 Å². The van der Waals surface area contributed by atoms with E-state index >= 15 is 0 Å². The predicted octanol–water partition coefficient (Wildman–Crippen LogP) is 3.76. The lowest BCUT2D eigenvalue weighted by Gasteiger charge is -2.42. The second-order valence-corrected chi connectivity index (χ2v) is 10.4. The van der Waals surface area contributed by atoms with Gasteiger partial charge in [0, 0.05) is 43.7 Å². The minimum Gasteiger partial charge on any atom is -0.353 e. The van der Waals surface area contributed by atoms with Crippen LogP contribution >= 0.6 is 23.4 Å². The third kappa shape index (κ3) is 7.04. The van der Waals surface area contributed by atoms with Crippen LogP contribution in [0.1, 0.15) is 33.3 Å². The zero-order valence-corrected chi connectivity index (χ0v) is 20.8. The lowest BCUT2D eigenvalue weighted by Crippen LogP contribution is -2.56. The van der Waals surface area contributed by atoms with Crippen LogP contribution in [-0.2, 0) is 16.1 Å². The number of rotatable bonds is 6.